The Morgan fingerprint density at radius 2 is 1.69 bits per heavy atom. The zero-order chi connectivity index (χ0) is 24.4. The normalized spacial score (nSPS) is 15.7. The molecule has 1 aliphatic rings. The Balaban J connectivity index is 1.46. The molecule has 0 radical (unpaired) electrons. The molecule has 0 bridgehead atoms. The second-order valence-corrected chi connectivity index (χ2v) is 8.94. The lowest BCUT2D eigenvalue weighted by molar-refractivity contribution is -0.119. The van der Waals surface area contributed by atoms with Crippen LogP contribution in [0.15, 0.2) is 78.9 Å². The maximum atomic E-state index is 13.5. The molecule has 178 valence electrons. The number of anilines is 2. The van der Waals surface area contributed by atoms with Gasteiger partial charge in [0.2, 0.25) is 11.8 Å². The van der Waals surface area contributed by atoms with E-state index in [0.29, 0.717) is 19.5 Å². The molecule has 1 aromatic heterocycles. The predicted molar refractivity (Wildman–Crippen MR) is 140 cm³/mol. The van der Waals surface area contributed by atoms with Gasteiger partial charge in [0.25, 0.3) is 0 Å². The van der Waals surface area contributed by atoms with Gasteiger partial charge in [-0.2, -0.15) is 0 Å². The van der Waals surface area contributed by atoms with Crippen molar-refractivity contribution in [1.82, 2.24) is 9.55 Å². The van der Waals surface area contributed by atoms with E-state index in [2.05, 4.69) is 19.1 Å². The molecule has 35 heavy (non-hydrogen) atoms. The maximum absolute atomic E-state index is 13.5. The first-order valence-corrected chi connectivity index (χ1v) is 12.3. The predicted octanol–water partition coefficient (Wildman–Crippen LogP) is 5.17. The van der Waals surface area contributed by atoms with Gasteiger partial charge in [0.15, 0.2) is 0 Å². The van der Waals surface area contributed by atoms with Crippen LogP contribution in [0, 0.1) is 0 Å². The summed E-state index contributed by atoms with van der Waals surface area (Å²) in [6, 6.07) is 25.8. The van der Waals surface area contributed by atoms with Gasteiger partial charge >= 0.3 is 0 Å². The summed E-state index contributed by atoms with van der Waals surface area (Å²) in [4.78, 5) is 35.0. The van der Waals surface area contributed by atoms with E-state index in [1.807, 2.05) is 83.1 Å². The van der Waals surface area contributed by atoms with Crippen LogP contribution in [0.4, 0.5) is 11.4 Å². The highest BCUT2D eigenvalue weighted by atomic mass is 16.2. The number of para-hydroxylation sites is 3. The molecule has 6 heteroatoms. The molecule has 0 N–H and O–H groups in total. The molecule has 1 saturated heterocycles. The molecule has 0 aliphatic carbocycles. The number of imidazole rings is 1. The van der Waals surface area contributed by atoms with Crippen molar-refractivity contribution >= 4 is 34.2 Å². The van der Waals surface area contributed by atoms with Crippen LogP contribution >= 0.6 is 0 Å². The lowest BCUT2D eigenvalue weighted by Crippen LogP contribution is -2.34. The van der Waals surface area contributed by atoms with Crippen LogP contribution in [-0.4, -0.2) is 34.5 Å². The van der Waals surface area contributed by atoms with Gasteiger partial charge in [-0.1, -0.05) is 49.4 Å². The van der Waals surface area contributed by atoms with Gasteiger partial charge in [0.05, 0.1) is 11.0 Å². The average molecular weight is 467 g/mol. The Kier molecular flexibility index (Phi) is 6.36. The standard InChI is InChI=1S/C29H30N4O2/c1-3-21-14-16-24(17-15-21)32-19-22(18-27(32)34)29-30-25-12-8-9-13-26(25)33(29)20-28(35)31(4-2)23-10-6-5-7-11-23/h5-17,22H,3-4,18-20H2,1-2H3/t22-/m0/s1. The number of rotatable bonds is 7. The molecule has 0 spiro atoms. The summed E-state index contributed by atoms with van der Waals surface area (Å²) in [5.74, 6) is 0.799. The van der Waals surface area contributed by atoms with E-state index < -0.39 is 0 Å². The summed E-state index contributed by atoms with van der Waals surface area (Å²) in [6.07, 6.45) is 1.34. The fourth-order valence-electron chi connectivity index (χ4n) is 4.95. The lowest BCUT2D eigenvalue weighted by Gasteiger charge is -2.23. The minimum absolute atomic E-state index is 0.000521. The molecule has 1 atom stereocenters. The van der Waals surface area contributed by atoms with Crippen molar-refractivity contribution in [1.29, 1.82) is 0 Å². The van der Waals surface area contributed by atoms with Crippen LogP contribution in [0.2, 0.25) is 0 Å². The van der Waals surface area contributed by atoms with Crippen LogP contribution in [0.1, 0.15) is 37.6 Å². The zero-order valence-electron chi connectivity index (χ0n) is 20.2. The number of hydrogen-bond donors (Lipinski definition) is 0. The minimum Gasteiger partial charge on any atom is -0.318 e. The van der Waals surface area contributed by atoms with Crippen LogP contribution in [0.3, 0.4) is 0 Å². The first-order chi connectivity index (χ1) is 17.1. The summed E-state index contributed by atoms with van der Waals surface area (Å²) < 4.78 is 2.00. The molecule has 2 amide bonds. The largest absolute Gasteiger partial charge is 0.318 e. The molecule has 0 unspecified atom stereocenters. The fraction of sp³-hybridized carbons (Fsp3) is 0.276. The second-order valence-electron chi connectivity index (χ2n) is 8.94. The smallest absolute Gasteiger partial charge is 0.246 e. The van der Waals surface area contributed by atoms with E-state index in [1.54, 1.807) is 4.90 Å². The Hall–Kier alpha value is -3.93. The molecular weight excluding hydrogens is 436 g/mol. The van der Waals surface area contributed by atoms with E-state index >= 15 is 0 Å². The number of hydrogen-bond acceptors (Lipinski definition) is 3. The topological polar surface area (TPSA) is 58.4 Å². The Bertz CT molecular complexity index is 1340. The van der Waals surface area contributed by atoms with Gasteiger partial charge in [-0.05, 0) is 55.3 Å². The molecule has 5 rings (SSSR count). The van der Waals surface area contributed by atoms with Crippen LogP contribution in [0.25, 0.3) is 11.0 Å². The van der Waals surface area contributed by atoms with Gasteiger partial charge in [-0.25, -0.2) is 4.98 Å². The number of aromatic nitrogens is 2. The molecule has 4 aromatic rings. The number of carbonyl (C=O) groups excluding carboxylic acids is 2. The van der Waals surface area contributed by atoms with E-state index in [0.717, 1.165) is 34.7 Å². The van der Waals surface area contributed by atoms with E-state index in [4.69, 9.17) is 4.98 Å². The first-order valence-electron chi connectivity index (χ1n) is 12.3. The molecule has 1 aliphatic heterocycles. The van der Waals surface area contributed by atoms with Crippen molar-refractivity contribution < 1.29 is 9.59 Å². The monoisotopic (exact) mass is 466 g/mol. The number of likely N-dealkylation sites (N-methyl/N-ethyl adjacent to an activating group) is 1. The van der Waals surface area contributed by atoms with E-state index in [9.17, 15) is 9.59 Å². The Morgan fingerprint density at radius 1 is 0.971 bits per heavy atom. The number of fused-ring (bicyclic) bond motifs is 1. The zero-order valence-corrected chi connectivity index (χ0v) is 20.2. The fourth-order valence-corrected chi connectivity index (χ4v) is 4.95. The number of aryl methyl sites for hydroxylation is 1. The molecule has 6 nitrogen and oxygen atoms in total. The molecule has 0 saturated carbocycles. The van der Waals surface area contributed by atoms with Gasteiger partial charge in [-0.15, -0.1) is 0 Å². The molecular formula is C29H30N4O2. The highest BCUT2D eigenvalue weighted by Gasteiger charge is 2.35. The Morgan fingerprint density at radius 3 is 2.40 bits per heavy atom. The second kappa shape index (κ2) is 9.74. The highest BCUT2D eigenvalue weighted by Crippen LogP contribution is 2.33. The summed E-state index contributed by atoms with van der Waals surface area (Å²) in [5, 5.41) is 0. The number of amides is 2. The third kappa shape index (κ3) is 4.44. The van der Waals surface area contributed by atoms with Crippen molar-refractivity contribution in [3.63, 3.8) is 0 Å². The summed E-state index contributed by atoms with van der Waals surface area (Å²) >= 11 is 0. The average Bonchev–Trinajstić information content (AvgIpc) is 3.45. The number of carbonyl (C=O) groups is 2. The van der Waals surface area contributed by atoms with Crippen molar-refractivity contribution in [2.24, 2.45) is 0 Å². The third-order valence-corrected chi connectivity index (χ3v) is 6.81. The summed E-state index contributed by atoms with van der Waals surface area (Å²) in [6.45, 7) is 5.41. The van der Waals surface area contributed by atoms with Crippen LogP contribution in [-0.2, 0) is 22.6 Å². The summed E-state index contributed by atoms with van der Waals surface area (Å²) in [7, 11) is 0. The van der Waals surface area contributed by atoms with Crippen molar-refractivity contribution in [3.05, 3.63) is 90.3 Å². The quantitative estimate of drug-likeness (QED) is 0.377. The highest BCUT2D eigenvalue weighted by molar-refractivity contribution is 5.97. The number of benzene rings is 3. The van der Waals surface area contributed by atoms with Gasteiger partial charge in [-0.3, -0.25) is 9.59 Å². The molecule has 2 heterocycles. The van der Waals surface area contributed by atoms with E-state index in [-0.39, 0.29) is 24.3 Å². The van der Waals surface area contributed by atoms with Crippen molar-refractivity contribution in [3.8, 4) is 0 Å². The van der Waals surface area contributed by atoms with Gasteiger partial charge in [0, 0.05) is 36.8 Å². The maximum Gasteiger partial charge on any atom is 0.246 e. The first kappa shape index (κ1) is 22.8. The molecule has 3 aromatic carbocycles. The van der Waals surface area contributed by atoms with Gasteiger partial charge < -0.3 is 14.4 Å². The Labute approximate surface area is 205 Å². The van der Waals surface area contributed by atoms with Crippen molar-refractivity contribution in [2.45, 2.75) is 39.2 Å². The van der Waals surface area contributed by atoms with Gasteiger partial charge in [0.1, 0.15) is 12.4 Å². The SMILES string of the molecule is CCc1ccc(N2C[C@@H](c3nc4ccccc4n3CC(=O)N(CC)c3ccccc3)CC2=O)cc1. The lowest BCUT2D eigenvalue weighted by atomic mass is 10.1. The minimum atomic E-state index is -0.0830. The summed E-state index contributed by atoms with van der Waals surface area (Å²) in [5.41, 5.74) is 4.80. The third-order valence-electron chi connectivity index (χ3n) is 6.81. The van der Waals surface area contributed by atoms with E-state index in [1.165, 1.54) is 5.56 Å². The van der Waals surface area contributed by atoms with Crippen molar-refractivity contribution in [2.75, 3.05) is 22.9 Å². The van der Waals surface area contributed by atoms with Crippen LogP contribution in [0.5, 0.6) is 0 Å². The number of nitrogens with zero attached hydrogens (tertiary/aromatic N) is 4. The molecule has 1 fully saturated rings. The van der Waals surface area contributed by atoms with Crippen LogP contribution < -0.4 is 9.80 Å².